The van der Waals surface area contributed by atoms with Crippen molar-refractivity contribution >= 4 is 75.0 Å². The number of hydrogen-bond donors (Lipinski definition) is 0. The molecule has 7 aromatic carbocycles. The molecule has 0 amide bonds. The molecule has 0 spiro atoms. The molecular weight excluding hydrogens is 579 g/mol. The van der Waals surface area contributed by atoms with Gasteiger partial charge in [-0.2, -0.15) is 0 Å². The van der Waals surface area contributed by atoms with Crippen molar-refractivity contribution in [3.63, 3.8) is 0 Å². The summed E-state index contributed by atoms with van der Waals surface area (Å²) in [6, 6.07) is 54.3. The van der Waals surface area contributed by atoms with Crippen molar-refractivity contribution < 1.29 is 0 Å². The topological polar surface area (TPSA) is 30.7 Å². The quantitative estimate of drug-likeness (QED) is 0.201. The third-order valence-electron chi connectivity index (χ3n) is 9.18. The molecule has 0 radical (unpaired) electrons. The first-order chi connectivity index (χ1) is 22.8. The van der Waals surface area contributed by atoms with Crippen molar-refractivity contribution in [1.29, 1.82) is 0 Å². The number of nitrogens with zero attached hydrogens (tertiary/aromatic N) is 3. The Kier molecular flexibility index (Phi) is 5.45. The summed E-state index contributed by atoms with van der Waals surface area (Å²) in [5, 5.41) is 8.64. The molecule has 0 aliphatic rings. The maximum absolute atomic E-state index is 5.22. The highest BCUT2D eigenvalue weighted by Gasteiger charge is 2.16. The molecule has 4 heteroatoms. The van der Waals surface area contributed by atoms with E-state index in [1.807, 2.05) is 17.4 Å². The van der Waals surface area contributed by atoms with Gasteiger partial charge in [-0.25, -0.2) is 9.97 Å². The standard InChI is InChI=1S/C42H25N3S/c1-2-10-28-24-38-35(23-27(28)9-1)31-11-4-7-15-37(31)45(38)30-20-17-26(18-21-30)41-34-13-3-6-14-36(34)43-42(44-41)29-19-22-33-32-12-5-8-16-39(32)46-40(33)25-29/h1-25H. The Labute approximate surface area is 268 Å². The van der Waals surface area contributed by atoms with Crippen LogP contribution in [0.3, 0.4) is 0 Å². The van der Waals surface area contributed by atoms with Gasteiger partial charge in [-0.1, -0.05) is 103 Å². The van der Waals surface area contributed by atoms with Crippen LogP contribution < -0.4 is 0 Å². The summed E-state index contributed by atoms with van der Waals surface area (Å²) < 4.78 is 4.93. The second-order valence-electron chi connectivity index (χ2n) is 11.8. The van der Waals surface area contributed by atoms with Gasteiger partial charge in [-0.15, -0.1) is 11.3 Å². The summed E-state index contributed by atoms with van der Waals surface area (Å²) in [5.41, 5.74) is 7.51. The molecule has 214 valence electrons. The number of aromatic nitrogens is 3. The molecule has 0 unspecified atom stereocenters. The highest BCUT2D eigenvalue weighted by molar-refractivity contribution is 7.25. The summed E-state index contributed by atoms with van der Waals surface area (Å²) >= 11 is 1.82. The molecule has 10 aromatic rings. The first kappa shape index (κ1) is 25.5. The molecule has 0 saturated heterocycles. The second-order valence-corrected chi connectivity index (χ2v) is 12.9. The Morgan fingerprint density at radius 2 is 1.11 bits per heavy atom. The van der Waals surface area contributed by atoms with Crippen LogP contribution in [0.1, 0.15) is 0 Å². The van der Waals surface area contributed by atoms with Crippen molar-refractivity contribution in [3.8, 4) is 28.3 Å². The Hall–Kier alpha value is -5.84. The van der Waals surface area contributed by atoms with Crippen LogP contribution in [0, 0.1) is 0 Å². The van der Waals surface area contributed by atoms with Gasteiger partial charge in [0.1, 0.15) is 0 Å². The number of fused-ring (bicyclic) bond motifs is 8. The summed E-state index contributed by atoms with van der Waals surface area (Å²) in [4.78, 5) is 10.2. The summed E-state index contributed by atoms with van der Waals surface area (Å²) in [6.45, 7) is 0. The largest absolute Gasteiger partial charge is 0.309 e. The molecule has 0 saturated carbocycles. The smallest absolute Gasteiger partial charge is 0.160 e. The van der Waals surface area contributed by atoms with Crippen LogP contribution in [-0.4, -0.2) is 14.5 Å². The van der Waals surface area contributed by atoms with Gasteiger partial charge in [0.25, 0.3) is 0 Å². The molecule has 0 aliphatic carbocycles. The van der Waals surface area contributed by atoms with E-state index in [1.54, 1.807) is 0 Å². The lowest BCUT2D eigenvalue weighted by molar-refractivity contribution is 1.18. The minimum Gasteiger partial charge on any atom is -0.309 e. The maximum Gasteiger partial charge on any atom is 0.160 e. The van der Waals surface area contributed by atoms with Gasteiger partial charge in [0.15, 0.2) is 5.82 Å². The highest BCUT2D eigenvalue weighted by Crippen LogP contribution is 2.38. The van der Waals surface area contributed by atoms with E-state index < -0.39 is 0 Å². The lowest BCUT2D eigenvalue weighted by atomic mass is 10.0. The van der Waals surface area contributed by atoms with Crippen LogP contribution in [0.5, 0.6) is 0 Å². The zero-order valence-corrected chi connectivity index (χ0v) is 25.5. The van der Waals surface area contributed by atoms with Gasteiger partial charge in [0.2, 0.25) is 0 Å². The van der Waals surface area contributed by atoms with Gasteiger partial charge >= 0.3 is 0 Å². The van der Waals surface area contributed by atoms with Crippen molar-refractivity contribution in [1.82, 2.24) is 14.5 Å². The van der Waals surface area contributed by atoms with E-state index in [9.17, 15) is 0 Å². The summed E-state index contributed by atoms with van der Waals surface area (Å²) in [6.07, 6.45) is 0. The van der Waals surface area contributed by atoms with E-state index >= 15 is 0 Å². The van der Waals surface area contributed by atoms with E-state index in [2.05, 4.69) is 150 Å². The van der Waals surface area contributed by atoms with Gasteiger partial charge < -0.3 is 4.57 Å². The lowest BCUT2D eigenvalue weighted by Crippen LogP contribution is -1.96. The van der Waals surface area contributed by atoms with E-state index in [1.165, 1.54) is 52.8 Å². The number of para-hydroxylation sites is 2. The Balaban J connectivity index is 1.13. The maximum atomic E-state index is 5.22. The monoisotopic (exact) mass is 603 g/mol. The third-order valence-corrected chi connectivity index (χ3v) is 10.3. The van der Waals surface area contributed by atoms with Crippen molar-refractivity contribution in [2.24, 2.45) is 0 Å². The Morgan fingerprint density at radius 1 is 0.435 bits per heavy atom. The fourth-order valence-corrected chi connectivity index (χ4v) is 8.14. The third kappa shape index (κ3) is 3.84. The van der Waals surface area contributed by atoms with Gasteiger partial charge in [-0.05, 0) is 59.3 Å². The van der Waals surface area contributed by atoms with Crippen LogP contribution in [0.2, 0.25) is 0 Å². The van der Waals surface area contributed by atoms with E-state index in [4.69, 9.17) is 9.97 Å². The zero-order valence-electron chi connectivity index (χ0n) is 24.7. The van der Waals surface area contributed by atoms with Crippen LogP contribution in [0.25, 0.3) is 92.0 Å². The van der Waals surface area contributed by atoms with Gasteiger partial charge in [0.05, 0.1) is 22.2 Å². The molecule has 10 rings (SSSR count). The van der Waals surface area contributed by atoms with E-state index in [-0.39, 0.29) is 0 Å². The molecule has 0 atom stereocenters. The van der Waals surface area contributed by atoms with E-state index in [0.29, 0.717) is 0 Å². The summed E-state index contributed by atoms with van der Waals surface area (Å²) in [7, 11) is 0. The molecule has 3 nitrogen and oxygen atoms in total. The number of hydrogen-bond acceptors (Lipinski definition) is 3. The fraction of sp³-hybridized carbons (Fsp3) is 0. The van der Waals surface area contributed by atoms with Crippen LogP contribution in [-0.2, 0) is 0 Å². The van der Waals surface area contributed by atoms with Crippen LogP contribution >= 0.6 is 11.3 Å². The zero-order chi connectivity index (χ0) is 30.2. The first-order valence-corrected chi connectivity index (χ1v) is 16.3. The van der Waals surface area contributed by atoms with Crippen LogP contribution in [0.15, 0.2) is 152 Å². The minimum absolute atomic E-state index is 0.742. The Bertz CT molecular complexity index is 2810. The SMILES string of the molecule is c1ccc2cc3c(cc2c1)c1ccccc1n3-c1ccc(-c2nc(-c3ccc4c(c3)sc3ccccc34)nc3ccccc23)cc1. The fourth-order valence-electron chi connectivity index (χ4n) is 6.99. The van der Waals surface area contributed by atoms with Crippen molar-refractivity contribution in [3.05, 3.63) is 152 Å². The average Bonchev–Trinajstić information content (AvgIpc) is 3.65. The molecule has 46 heavy (non-hydrogen) atoms. The number of thiophene rings is 1. The molecular formula is C42H25N3S. The van der Waals surface area contributed by atoms with Crippen LogP contribution in [0.4, 0.5) is 0 Å². The first-order valence-electron chi connectivity index (χ1n) is 15.5. The Morgan fingerprint density at radius 3 is 1.98 bits per heavy atom. The lowest BCUT2D eigenvalue weighted by Gasteiger charge is -2.12. The number of rotatable bonds is 3. The van der Waals surface area contributed by atoms with Gasteiger partial charge in [0, 0.05) is 53.1 Å². The molecule has 0 aliphatic heterocycles. The molecule has 0 fully saturated rings. The molecule has 0 bridgehead atoms. The highest BCUT2D eigenvalue weighted by atomic mass is 32.1. The number of benzene rings is 7. The second kappa shape index (κ2) is 9.83. The molecule has 3 heterocycles. The van der Waals surface area contributed by atoms with Crippen molar-refractivity contribution in [2.75, 3.05) is 0 Å². The molecule has 3 aromatic heterocycles. The van der Waals surface area contributed by atoms with Gasteiger partial charge in [-0.3, -0.25) is 0 Å². The normalized spacial score (nSPS) is 11.9. The van der Waals surface area contributed by atoms with E-state index in [0.717, 1.165) is 39.2 Å². The molecule has 0 N–H and O–H groups in total. The predicted octanol–water partition coefficient (Wildman–Crippen LogP) is 11.6. The minimum atomic E-state index is 0.742. The average molecular weight is 604 g/mol. The predicted molar refractivity (Wildman–Crippen MR) is 195 cm³/mol. The van der Waals surface area contributed by atoms with Crippen molar-refractivity contribution in [2.45, 2.75) is 0 Å². The summed E-state index contributed by atoms with van der Waals surface area (Å²) in [5.74, 6) is 0.742.